The molecule has 1 aliphatic rings. The van der Waals surface area contributed by atoms with Crippen LogP contribution in [0.1, 0.15) is 22.8 Å². The fraction of sp³-hybridized carbons (Fsp3) is 0.143. The van der Waals surface area contributed by atoms with E-state index in [0.29, 0.717) is 28.4 Å². The topological polar surface area (TPSA) is 105 Å². The van der Waals surface area contributed by atoms with Gasteiger partial charge < -0.3 is 14.6 Å². The first-order valence-corrected chi connectivity index (χ1v) is 11.3. The Morgan fingerprint density at radius 3 is 2.56 bits per heavy atom. The molecule has 1 aliphatic heterocycles. The van der Waals surface area contributed by atoms with Crippen molar-refractivity contribution in [1.82, 2.24) is 10.4 Å². The number of hydrogen-bond donors (Lipinski definition) is 2. The molecule has 0 radical (unpaired) electrons. The average molecular weight is 537 g/mol. The first kappa shape index (κ1) is 23.8. The van der Waals surface area contributed by atoms with Crippen LogP contribution in [-0.2, 0) is 9.59 Å². The normalized spacial score (nSPS) is 14.6. The Balaban J connectivity index is 1.77. The van der Waals surface area contributed by atoms with E-state index in [4.69, 9.17) is 26.8 Å². The molecule has 0 bridgehead atoms. The van der Waals surface area contributed by atoms with Gasteiger partial charge in [-0.05, 0) is 67.2 Å². The third kappa shape index (κ3) is 5.87. The molecule has 8 nitrogen and oxygen atoms in total. The molecule has 0 saturated carbocycles. The number of nitrogens with zero attached hydrogens (tertiary/aromatic N) is 1. The van der Waals surface area contributed by atoms with E-state index in [1.807, 2.05) is 0 Å². The maximum absolute atomic E-state index is 12.8. The summed E-state index contributed by atoms with van der Waals surface area (Å²) in [5, 5.41) is 9.83. The fourth-order valence-electron chi connectivity index (χ4n) is 2.62. The highest BCUT2D eigenvalue weighted by Gasteiger charge is 2.33. The number of ether oxygens (including phenoxy) is 2. The molecule has 2 aromatic carbocycles. The van der Waals surface area contributed by atoms with E-state index in [1.54, 1.807) is 55.5 Å². The zero-order chi connectivity index (χ0) is 23.3. The lowest BCUT2D eigenvalue weighted by atomic mass is 10.2. The van der Waals surface area contributed by atoms with Gasteiger partial charge in [0.25, 0.3) is 11.8 Å². The largest absolute Gasteiger partial charge is 0.490 e. The average Bonchev–Trinajstić information content (AvgIpc) is 3.01. The zero-order valence-corrected chi connectivity index (χ0v) is 19.9. The van der Waals surface area contributed by atoms with Gasteiger partial charge >= 0.3 is 5.97 Å². The van der Waals surface area contributed by atoms with Gasteiger partial charge in [-0.15, -0.1) is 0 Å². The maximum atomic E-state index is 12.8. The first-order chi connectivity index (χ1) is 15.3. The number of carboxylic acids is 1. The lowest BCUT2D eigenvalue weighted by Crippen LogP contribution is -2.44. The second kappa shape index (κ2) is 10.6. The van der Waals surface area contributed by atoms with Crippen molar-refractivity contribution in [3.05, 3.63) is 63.0 Å². The molecule has 2 amide bonds. The molecule has 166 valence electrons. The number of nitrogens with one attached hydrogen (secondary N) is 1. The lowest BCUT2D eigenvalue weighted by molar-refractivity contribution is -0.139. The predicted molar refractivity (Wildman–Crippen MR) is 127 cm³/mol. The summed E-state index contributed by atoms with van der Waals surface area (Å²) >= 11 is 9.61. The number of aliphatic carboxylic acids is 1. The highest BCUT2D eigenvalue weighted by Crippen LogP contribution is 2.34. The van der Waals surface area contributed by atoms with Crippen LogP contribution in [0.25, 0.3) is 6.08 Å². The van der Waals surface area contributed by atoms with Gasteiger partial charge in [-0.1, -0.05) is 33.8 Å². The summed E-state index contributed by atoms with van der Waals surface area (Å²) in [6, 6.07) is 11.5. The Hall–Kier alpha value is -2.89. The van der Waals surface area contributed by atoms with Gasteiger partial charge in [-0.3, -0.25) is 15.0 Å². The molecule has 1 saturated heterocycles. The van der Waals surface area contributed by atoms with Crippen molar-refractivity contribution in [2.24, 2.45) is 0 Å². The van der Waals surface area contributed by atoms with E-state index >= 15 is 0 Å². The molecule has 2 aromatic rings. The standard InChI is InChI=1S/C21H17BrN2O6S2/c1-2-29-16-9-12(3-8-15(16)30-11-18(25)26)10-17-20(28)24(21(31)32-17)23-19(27)13-4-6-14(22)7-5-13/h3-10H,2,11H2,1H3,(H,23,27)(H,25,26)/b17-10+. The van der Waals surface area contributed by atoms with Crippen LogP contribution >= 0.6 is 39.9 Å². The Kier molecular flexibility index (Phi) is 7.89. The highest BCUT2D eigenvalue weighted by atomic mass is 79.9. The van der Waals surface area contributed by atoms with Crippen LogP contribution in [-0.4, -0.2) is 45.4 Å². The van der Waals surface area contributed by atoms with E-state index in [9.17, 15) is 14.4 Å². The monoisotopic (exact) mass is 536 g/mol. The number of benzene rings is 2. The molecule has 0 spiro atoms. The Bertz CT molecular complexity index is 1100. The quantitative estimate of drug-likeness (QED) is 0.387. The minimum Gasteiger partial charge on any atom is -0.490 e. The van der Waals surface area contributed by atoms with Gasteiger partial charge in [-0.2, -0.15) is 5.01 Å². The molecular formula is C21H17BrN2O6S2. The number of hydrazine groups is 1. The number of amides is 2. The number of carboxylic acid groups (broad SMARTS) is 1. The van der Waals surface area contributed by atoms with Crippen LogP contribution in [0.3, 0.4) is 0 Å². The Labute approximate surface area is 201 Å². The number of halogens is 1. The molecular weight excluding hydrogens is 520 g/mol. The number of carbonyl (C=O) groups is 3. The van der Waals surface area contributed by atoms with E-state index in [1.165, 1.54) is 0 Å². The minimum absolute atomic E-state index is 0.193. The SMILES string of the molecule is CCOc1cc(/C=C2/SC(=S)N(NC(=O)c3ccc(Br)cc3)C2=O)ccc1OCC(=O)O. The zero-order valence-electron chi connectivity index (χ0n) is 16.7. The lowest BCUT2D eigenvalue weighted by Gasteiger charge is -2.15. The van der Waals surface area contributed by atoms with Crippen molar-refractivity contribution in [3.8, 4) is 11.5 Å². The van der Waals surface area contributed by atoms with Gasteiger partial charge in [0, 0.05) is 10.0 Å². The summed E-state index contributed by atoms with van der Waals surface area (Å²) in [4.78, 5) is 36.3. The van der Waals surface area contributed by atoms with Crippen molar-refractivity contribution in [2.75, 3.05) is 13.2 Å². The number of rotatable bonds is 8. The van der Waals surface area contributed by atoms with Crippen LogP contribution in [0.4, 0.5) is 0 Å². The van der Waals surface area contributed by atoms with E-state index in [-0.39, 0.29) is 10.1 Å². The fourth-order valence-corrected chi connectivity index (χ4v) is 4.07. The van der Waals surface area contributed by atoms with E-state index < -0.39 is 24.4 Å². The highest BCUT2D eigenvalue weighted by molar-refractivity contribution is 9.10. The van der Waals surface area contributed by atoms with Crippen LogP contribution in [0, 0.1) is 0 Å². The third-order valence-corrected chi connectivity index (χ3v) is 5.86. The second-order valence-electron chi connectivity index (χ2n) is 6.29. The summed E-state index contributed by atoms with van der Waals surface area (Å²) in [6.07, 6.45) is 1.61. The number of thiocarbonyl (C=S) groups is 1. The van der Waals surface area contributed by atoms with Crippen LogP contribution in [0.15, 0.2) is 51.8 Å². The van der Waals surface area contributed by atoms with Crippen molar-refractivity contribution in [2.45, 2.75) is 6.92 Å². The first-order valence-electron chi connectivity index (χ1n) is 9.24. The van der Waals surface area contributed by atoms with Gasteiger partial charge in [0.15, 0.2) is 22.4 Å². The summed E-state index contributed by atoms with van der Waals surface area (Å²) in [5.41, 5.74) is 3.52. The third-order valence-electron chi connectivity index (χ3n) is 4.03. The Morgan fingerprint density at radius 1 is 1.19 bits per heavy atom. The smallest absolute Gasteiger partial charge is 0.341 e. The van der Waals surface area contributed by atoms with Crippen molar-refractivity contribution in [1.29, 1.82) is 0 Å². The van der Waals surface area contributed by atoms with Crippen LogP contribution in [0.5, 0.6) is 11.5 Å². The van der Waals surface area contributed by atoms with Gasteiger partial charge in [-0.25, -0.2) is 4.79 Å². The van der Waals surface area contributed by atoms with Crippen molar-refractivity contribution in [3.63, 3.8) is 0 Å². The molecule has 0 atom stereocenters. The van der Waals surface area contributed by atoms with Gasteiger partial charge in [0.1, 0.15) is 0 Å². The Morgan fingerprint density at radius 2 is 1.91 bits per heavy atom. The van der Waals surface area contributed by atoms with Gasteiger partial charge in [0.05, 0.1) is 11.5 Å². The van der Waals surface area contributed by atoms with E-state index in [0.717, 1.165) is 21.2 Å². The molecule has 1 fully saturated rings. The van der Waals surface area contributed by atoms with Crippen molar-refractivity contribution < 1.29 is 29.0 Å². The molecule has 0 aliphatic carbocycles. The molecule has 11 heteroatoms. The van der Waals surface area contributed by atoms with Gasteiger partial charge in [0.2, 0.25) is 0 Å². The van der Waals surface area contributed by atoms with Crippen molar-refractivity contribution >= 4 is 68.1 Å². The molecule has 1 heterocycles. The summed E-state index contributed by atoms with van der Waals surface area (Å²) in [6.45, 7) is 1.63. The number of hydrogen-bond acceptors (Lipinski definition) is 7. The summed E-state index contributed by atoms with van der Waals surface area (Å²) < 4.78 is 11.8. The van der Waals surface area contributed by atoms with Crippen LogP contribution < -0.4 is 14.9 Å². The minimum atomic E-state index is -1.11. The molecule has 32 heavy (non-hydrogen) atoms. The maximum Gasteiger partial charge on any atom is 0.341 e. The van der Waals surface area contributed by atoms with E-state index in [2.05, 4.69) is 21.4 Å². The number of thioether (sulfide) groups is 1. The second-order valence-corrected chi connectivity index (χ2v) is 8.88. The molecule has 3 rings (SSSR count). The predicted octanol–water partition coefficient (Wildman–Crippen LogP) is 3.86. The molecule has 2 N–H and O–H groups in total. The van der Waals surface area contributed by atoms with Crippen LogP contribution in [0.2, 0.25) is 0 Å². The number of carbonyl (C=O) groups excluding carboxylic acids is 2. The molecule has 0 unspecified atom stereocenters. The summed E-state index contributed by atoms with van der Waals surface area (Å²) in [7, 11) is 0. The summed E-state index contributed by atoms with van der Waals surface area (Å²) in [5.74, 6) is -1.41. The molecule has 0 aromatic heterocycles.